The van der Waals surface area contributed by atoms with Crippen molar-refractivity contribution in [3.8, 4) is 23.0 Å². The van der Waals surface area contributed by atoms with Crippen molar-refractivity contribution in [1.29, 1.82) is 0 Å². The Hall–Kier alpha value is -4.85. The minimum Gasteiger partial charge on any atom is -0.493 e. The third kappa shape index (κ3) is 6.47. The number of ether oxygens (including phenoxy) is 5. The Morgan fingerprint density at radius 3 is 2.34 bits per heavy atom. The van der Waals surface area contributed by atoms with Crippen molar-refractivity contribution in [3.05, 3.63) is 95.2 Å². The van der Waals surface area contributed by atoms with Gasteiger partial charge in [0.15, 0.2) is 28.7 Å². The van der Waals surface area contributed by atoms with Crippen molar-refractivity contribution < 1.29 is 33.3 Å². The molecular formula is C30H27NO7. The van der Waals surface area contributed by atoms with Gasteiger partial charge in [0.1, 0.15) is 0 Å². The lowest BCUT2D eigenvalue weighted by atomic mass is 10.1. The van der Waals surface area contributed by atoms with Crippen LogP contribution in [0.1, 0.15) is 30.5 Å². The standard InChI is InChI=1S/C30H27NO7/c1-4-35-24-15-13-22(19-27(24)36-5-2)29-31-23(30(33)38-29)17-21-11-14-25(26(18-21)34-3)37-28(32)16-12-20-9-7-6-8-10-20/h6-19H,4-5H2,1-3H3/b16-12+,23-17-. The van der Waals surface area contributed by atoms with Crippen molar-refractivity contribution in [3.63, 3.8) is 0 Å². The van der Waals surface area contributed by atoms with E-state index in [0.29, 0.717) is 41.6 Å². The molecule has 1 aliphatic rings. The van der Waals surface area contributed by atoms with Gasteiger partial charge in [-0.15, -0.1) is 0 Å². The number of methoxy groups -OCH3 is 1. The van der Waals surface area contributed by atoms with Crippen LogP contribution in [0.5, 0.6) is 23.0 Å². The Kier molecular flexibility index (Phi) is 8.56. The summed E-state index contributed by atoms with van der Waals surface area (Å²) in [6.45, 7) is 4.71. The predicted molar refractivity (Wildman–Crippen MR) is 143 cm³/mol. The highest BCUT2D eigenvalue weighted by molar-refractivity contribution is 6.13. The second-order valence-electron chi connectivity index (χ2n) is 7.94. The predicted octanol–water partition coefficient (Wildman–Crippen LogP) is 5.46. The first kappa shape index (κ1) is 26.2. The molecule has 3 aromatic rings. The minimum absolute atomic E-state index is 0.115. The number of benzene rings is 3. The van der Waals surface area contributed by atoms with Gasteiger partial charge in [-0.05, 0) is 67.5 Å². The first-order chi connectivity index (χ1) is 18.5. The highest BCUT2D eigenvalue weighted by Gasteiger charge is 2.25. The van der Waals surface area contributed by atoms with E-state index in [9.17, 15) is 9.59 Å². The van der Waals surface area contributed by atoms with E-state index in [-0.39, 0.29) is 17.3 Å². The molecule has 0 aliphatic carbocycles. The molecule has 0 saturated heterocycles. The molecule has 0 radical (unpaired) electrons. The topological polar surface area (TPSA) is 92.7 Å². The first-order valence-corrected chi connectivity index (χ1v) is 12.1. The molecule has 4 rings (SSSR count). The highest BCUT2D eigenvalue weighted by atomic mass is 16.6. The molecule has 1 aliphatic heterocycles. The quantitative estimate of drug-likeness (QED) is 0.202. The van der Waals surface area contributed by atoms with Crippen LogP contribution in [0.3, 0.4) is 0 Å². The minimum atomic E-state index is -0.590. The second-order valence-corrected chi connectivity index (χ2v) is 7.94. The lowest BCUT2D eigenvalue weighted by Crippen LogP contribution is -2.06. The summed E-state index contributed by atoms with van der Waals surface area (Å²) in [5, 5.41) is 0. The second kappa shape index (κ2) is 12.4. The van der Waals surface area contributed by atoms with Crippen LogP contribution < -0.4 is 18.9 Å². The van der Waals surface area contributed by atoms with Crippen molar-refractivity contribution in [2.75, 3.05) is 20.3 Å². The summed E-state index contributed by atoms with van der Waals surface area (Å²) >= 11 is 0. The summed E-state index contributed by atoms with van der Waals surface area (Å²) in [5.74, 6) is 0.727. The van der Waals surface area contributed by atoms with E-state index in [2.05, 4.69) is 4.99 Å². The fraction of sp³-hybridized carbons (Fsp3) is 0.167. The fourth-order valence-electron chi connectivity index (χ4n) is 3.60. The normalized spacial score (nSPS) is 13.8. The van der Waals surface area contributed by atoms with Crippen LogP contribution in [0.25, 0.3) is 12.2 Å². The van der Waals surface area contributed by atoms with Gasteiger partial charge in [-0.25, -0.2) is 14.6 Å². The fourth-order valence-corrected chi connectivity index (χ4v) is 3.60. The zero-order valence-corrected chi connectivity index (χ0v) is 21.3. The summed E-state index contributed by atoms with van der Waals surface area (Å²) in [7, 11) is 1.46. The maximum absolute atomic E-state index is 12.5. The van der Waals surface area contributed by atoms with Gasteiger partial charge in [0.2, 0.25) is 5.90 Å². The monoisotopic (exact) mass is 513 g/mol. The summed E-state index contributed by atoms with van der Waals surface area (Å²) in [6, 6.07) is 19.6. The van der Waals surface area contributed by atoms with E-state index in [1.54, 1.807) is 48.6 Å². The lowest BCUT2D eigenvalue weighted by Gasteiger charge is -2.11. The van der Waals surface area contributed by atoms with E-state index in [1.165, 1.54) is 13.2 Å². The molecule has 0 spiro atoms. The third-order valence-corrected chi connectivity index (χ3v) is 5.32. The van der Waals surface area contributed by atoms with Crippen LogP contribution in [0.2, 0.25) is 0 Å². The molecule has 0 fully saturated rings. The molecule has 1 heterocycles. The highest BCUT2D eigenvalue weighted by Crippen LogP contribution is 2.32. The molecule has 0 N–H and O–H groups in total. The van der Waals surface area contributed by atoms with Crippen molar-refractivity contribution in [1.82, 2.24) is 0 Å². The van der Waals surface area contributed by atoms with Gasteiger partial charge in [0, 0.05) is 11.6 Å². The molecule has 0 aromatic heterocycles. The Bertz CT molecular complexity index is 1410. The molecular weight excluding hydrogens is 486 g/mol. The Morgan fingerprint density at radius 1 is 0.868 bits per heavy atom. The molecule has 8 heteroatoms. The number of hydrogen-bond acceptors (Lipinski definition) is 8. The van der Waals surface area contributed by atoms with Gasteiger partial charge in [-0.1, -0.05) is 36.4 Å². The summed E-state index contributed by atoms with van der Waals surface area (Å²) in [4.78, 5) is 29.2. The van der Waals surface area contributed by atoms with E-state index in [1.807, 2.05) is 44.2 Å². The number of nitrogens with zero attached hydrogens (tertiary/aromatic N) is 1. The number of aliphatic imine (C=N–C) groups is 1. The zero-order valence-electron chi connectivity index (χ0n) is 21.3. The number of cyclic esters (lactones) is 1. The maximum atomic E-state index is 12.5. The number of hydrogen-bond donors (Lipinski definition) is 0. The van der Waals surface area contributed by atoms with Crippen molar-refractivity contribution >= 4 is 30.0 Å². The van der Waals surface area contributed by atoms with Gasteiger partial charge in [0.05, 0.1) is 20.3 Å². The Labute approximate surface area is 220 Å². The average Bonchev–Trinajstić information content (AvgIpc) is 3.30. The van der Waals surface area contributed by atoms with Gasteiger partial charge in [0.25, 0.3) is 0 Å². The van der Waals surface area contributed by atoms with Crippen LogP contribution in [-0.4, -0.2) is 38.2 Å². The Balaban J connectivity index is 1.52. The number of carbonyl (C=O) groups excluding carboxylic acids is 2. The number of esters is 2. The largest absolute Gasteiger partial charge is 0.493 e. The van der Waals surface area contributed by atoms with Gasteiger partial charge in [-0.3, -0.25) is 0 Å². The third-order valence-electron chi connectivity index (χ3n) is 5.32. The van der Waals surface area contributed by atoms with Crippen LogP contribution >= 0.6 is 0 Å². The molecule has 0 unspecified atom stereocenters. The summed E-state index contributed by atoms with van der Waals surface area (Å²) in [6.07, 6.45) is 4.57. The molecule has 194 valence electrons. The van der Waals surface area contributed by atoms with Crippen LogP contribution in [-0.2, 0) is 14.3 Å². The SMILES string of the molecule is CCOc1ccc(C2=N/C(=C\c3ccc(OC(=O)/C=C/c4ccccc4)c(OC)c3)C(=O)O2)cc1OCC. The van der Waals surface area contributed by atoms with Crippen LogP contribution in [0, 0.1) is 0 Å². The average molecular weight is 514 g/mol. The summed E-state index contributed by atoms with van der Waals surface area (Å²) in [5.41, 5.74) is 2.18. The van der Waals surface area contributed by atoms with Crippen LogP contribution in [0.4, 0.5) is 0 Å². The molecule has 3 aromatic carbocycles. The van der Waals surface area contributed by atoms with Crippen molar-refractivity contribution in [2.45, 2.75) is 13.8 Å². The molecule has 0 atom stereocenters. The first-order valence-electron chi connectivity index (χ1n) is 12.1. The maximum Gasteiger partial charge on any atom is 0.363 e. The molecule has 0 saturated carbocycles. The molecule has 0 amide bonds. The Morgan fingerprint density at radius 2 is 1.61 bits per heavy atom. The van der Waals surface area contributed by atoms with E-state index in [4.69, 9.17) is 23.7 Å². The van der Waals surface area contributed by atoms with E-state index in [0.717, 1.165) is 5.56 Å². The van der Waals surface area contributed by atoms with Crippen molar-refractivity contribution in [2.24, 2.45) is 4.99 Å². The smallest absolute Gasteiger partial charge is 0.363 e. The molecule has 38 heavy (non-hydrogen) atoms. The molecule has 0 bridgehead atoms. The molecule has 8 nitrogen and oxygen atoms in total. The van der Waals surface area contributed by atoms with Gasteiger partial charge in [-0.2, -0.15) is 0 Å². The lowest BCUT2D eigenvalue weighted by molar-refractivity contribution is -0.130. The van der Waals surface area contributed by atoms with Crippen LogP contribution in [0.15, 0.2) is 83.5 Å². The zero-order chi connectivity index (χ0) is 26.9. The van der Waals surface area contributed by atoms with Gasteiger partial charge < -0.3 is 23.7 Å². The van der Waals surface area contributed by atoms with E-state index < -0.39 is 11.9 Å². The van der Waals surface area contributed by atoms with Gasteiger partial charge >= 0.3 is 11.9 Å². The number of rotatable bonds is 10. The number of carbonyl (C=O) groups is 2. The summed E-state index contributed by atoms with van der Waals surface area (Å²) < 4.78 is 27.5. The van der Waals surface area contributed by atoms with E-state index >= 15 is 0 Å².